The maximum atomic E-state index is 12.5. The van der Waals surface area contributed by atoms with Crippen LogP contribution in [-0.4, -0.2) is 25.2 Å². The van der Waals surface area contributed by atoms with Gasteiger partial charge in [-0.2, -0.15) is 5.10 Å². The zero-order chi connectivity index (χ0) is 16.7. The highest BCUT2D eigenvalue weighted by Crippen LogP contribution is 2.40. The number of para-hydroxylation sites is 2. The van der Waals surface area contributed by atoms with Gasteiger partial charge in [-0.05, 0) is 30.9 Å². The quantitative estimate of drug-likeness (QED) is 0.754. The Morgan fingerprint density at radius 1 is 1.42 bits per heavy atom. The van der Waals surface area contributed by atoms with Crippen LogP contribution in [0.1, 0.15) is 24.7 Å². The van der Waals surface area contributed by atoms with Crippen molar-refractivity contribution in [3.63, 3.8) is 0 Å². The first-order valence-corrected chi connectivity index (χ1v) is 7.85. The summed E-state index contributed by atoms with van der Waals surface area (Å²) < 4.78 is 8.16. The number of oxazole rings is 1. The fourth-order valence-corrected chi connectivity index (χ4v) is 2.94. The van der Waals surface area contributed by atoms with Gasteiger partial charge in [-0.3, -0.25) is 14.0 Å². The Morgan fingerprint density at radius 2 is 2.21 bits per heavy atom. The minimum atomic E-state index is -0.534. The Balaban J connectivity index is 1.56. The molecule has 4 rings (SSSR count). The Labute approximate surface area is 137 Å². The molecule has 0 saturated heterocycles. The van der Waals surface area contributed by atoms with Gasteiger partial charge in [0.15, 0.2) is 5.58 Å². The maximum absolute atomic E-state index is 12.5. The first-order valence-electron chi connectivity index (χ1n) is 7.85. The van der Waals surface area contributed by atoms with Crippen LogP contribution in [0.25, 0.3) is 11.1 Å². The topological polar surface area (TPSA) is 95.0 Å². The molecule has 1 fully saturated rings. The van der Waals surface area contributed by atoms with Gasteiger partial charge >= 0.3 is 5.76 Å². The van der Waals surface area contributed by atoms with E-state index in [1.54, 1.807) is 36.0 Å². The summed E-state index contributed by atoms with van der Waals surface area (Å²) in [5, 5.41) is 7.06. The molecule has 0 radical (unpaired) electrons. The van der Waals surface area contributed by atoms with Crippen LogP contribution in [0.4, 0.5) is 0 Å². The van der Waals surface area contributed by atoms with Crippen LogP contribution in [0, 0.1) is 5.92 Å². The molecule has 3 aromatic rings. The van der Waals surface area contributed by atoms with E-state index in [1.165, 1.54) is 10.9 Å². The summed E-state index contributed by atoms with van der Waals surface area (Å²) in [5.41, 5.74) is 1.08. The van der Waals surface area contributed by atoms with Gasteiger partial charge in [-0.1, -0.05) is 12.1 Å². The fraction of sp³-hybridized carbons (Fsp3) is 0.375. The number of carbonyl (C=O) groups is 1. The zero-order valence-electron chi connectivity index (χ0n) is 13.2. The highest BCUT2D eigenvalue weighted by atomic mass is 16.4. The van der Waals surface area contributed by atoms with E-state index < -0.39 is 5.76 Å². The van der Waals surface area contributed by atoms with Gasteiger partial charge in [0, 0.05) is 7.05 Å². The third-order valence-electron chi connectivity index (χ3n) is 4.31. The fourth-order valence-electron chi connectivity index (χ4n) is 2.94. The summed E-state index contributed by atoms with van der Waals surface area (Å²) in [6, 6.07) is 6.87. The molecule has 1 N–H and O–H groups in total. The van der Waals surface area contributed by atoms with E-state index in [2.05, 4.69) is 15.4 Å². The zero-order valence-corrected chi connectivity index (χ0v) is 13.2. The molecule has 0 unspecified atom stereocenters. The van der Waals surface area contributed by atoms with Crippen molar-refractivity contribution in [2.75, 3.05) is 0 Å². The van der Waals surface area contributed by atoms with E-state index in [1.807, 2.05) is 0 Å². The first kappa shape index (κ1) is 14.7. The van der Waals surface area contributed by atoms with Crippen molar-refractivity contribution >= 4 is 17.0 Å². The smallest absolute Gasteiger partial charge is 0.408 e. The van der Waals surface area contributed by atoms with E-state index in [-0.39, 0.29) is 18.5 Å². The highest BCUT2D eigenvalue weighted by Gasteiger charge is 2.36. The Bertz CT molecular complexity index is 950. The lowest BCUT2D eigenvalue weighted by atomic mass is 10.1. The largest absolute Gasteiger partial charge is 0.420 e. The molecule has 0 aliphatic heterocycles. The number of nitrogens with one attached hydrogen (secondary N) is 1. The Hall–Kier alpha value is -2.90. The Kier molecular flexibility index (Phi) is 3.44. The van der Waals surface area contributed by atoms with Crippen LogP contribution < -0.4 is 11.1 Å². The second-order valence-electron chi connectivity index (χ2n) is 6.05. The van der Waals surface area contributed by atoms with Crippen molar-refractivity contribution in [3.05, 3.63) is 47.0 Å². The number of benzene rings is 1. The summed E-state index contributed by atoms with van der Waals surface area (Å²) in [7, 11) is 1.80. The molecule has 0 bridgehead atoms. The number of hydrogen-bond acceptors (Lipinski definition) is 5. The number of nitrogens with zero attached hydrogens (tertiary/aromatic N) is 4. The number of hydrogen-bond donors (Lipinski definition) is 1. The van der Waals surface area contributed by atoms with E-state index >= 15 is 0 Å². The molecule has 0 spiro atoms. The van der Waals surface area contributed by atoms with Crippen LogP contribution in [-0.2, 0) is 18.4 Å². The van der Waals surface area contributed by atoms with E-state index in [4.69, 9.17) is 4.42 Å². The SMILES string of the molecule is Cn1ncnc1[C@@H](NC(=O)Cn1c(=O)oc2ccccc21)C1CC1. The van der Waals surface area contributed by atoms with Crippen molar-refractivity contribution in [1.29, 1.82) is 0 Å². The molecule has 8 heteroatoms. The molecule has 1 aromatic carbocycles. The molecule has 1 amide bonds. The van der Waals surface area contributed by atoms with E-state index in [0.717, 1.165) is 18.7 Å². The van der Waals surface area contributed by atoms with Gasteiger partial charge in [0.25, 0.3) is 0 Å². The summed E-state index contributed by atoms with van der Waals surface area (Å²) >= 11 is 0. The van der Waals surface area contributed by atoms with Gasteiger partial charge in [-0.25, -0.2) is 9.78 Å². The summed E-state index contributed by atoms with van der Waals surface area (Å²) in [6.45, 7) is -0.0864. The molecule has 24 heavy (non-hydrogen) atoms. The van der Waals surface area contributed by atoms with Crippen LogP contribution in [0.2, 0.25) is 0 Å². The van der Waals surface area contributed by atoms with Crippen molar-refractivity contribution < 1.29 is 9.21 Å². The molecule has 2 aromatic heterocycles. The molecule has 2 heterocycles. The molecular weight excluding hydrogens is 310 g/mol. The second-order valence-corrected chi connectivity index (χ2v) is 6.05. The van der Waals surface area contributed by atoms with Gasteiger partial charge in [-0.15, -0.1) is 0 Å². The summed E-state index contributed by atoms with van der Waals surface area (Å²) in [5.74, 6) is 0.321. The summed E-state index contributed by atoms with van der Waals surface area (Å²) in [6.07, 6.45) is 3.57. The molecule has 1 aliphatic carbocycles. The predicted octanol–water partition coefficient (Wildman–Crippen LogP) is 0.990. The number of amides is 1. The number of aromatic nitrogens is 4. The second kappa shape index (κ2) is 5.63. The molecule has 124 valence electrons. The lowest BCUT2D eigenvalue weighted by molar-refractivity contribution is -0.122. The lowest BCUT2D eigenvalue weighted by Crippen LogP contribution is -2.35. The molecule has 1 aliphatic rings. The van der Waals surface area contributed by atoms with Crippen LogP contribution in [0.15, 0.2) is 39.8 Å². The minimum Gasteiger partial charge on any atom is -0.408 e. The average molecular weight is 327 g/mol. The average Bonchev–Trinajstić information content (AvgIpc) is 3.25. The van der Waals surface area contributed by atoms with Crippen LogP contribution in [0.3, 0.4) is 0 Å². The standard InChI is InChI=1S/C16H17N5O3/c1-20-15(17-9-18-20)14(10-6-7-10)19-13(22)8-21-11-4-2-3-5-12(11)24-16(21)23/h2-5,9-10,14H,6-8H2,1H3,(H,19,22)/t14-/m0/s1. The number of aryl methyl sites for hydroxylation is 1. The number of fused-ring (bicyclic) bond motifs is 1. The third kappa shape index (κ3) is 2.60. The monoisotopic (exact) mass is 327 g/mol. The van der Waals surface area contributed by atoms with Crippen LogP contribution >= 0.6 is 0 Å². The van der Waals surface area contributed by atoms with Crippen molar-refractivity contribution in [2.45, 2.75) is 25.4 Å². The van der Waals surface area contributed by atoms with Crippen molar-refractivity contribution in [1.82, 2.24) is 24.6 Å². The van der Waals surface area contributed by atoms with Crippen LogP contribution in [0.5, 0.6) is 0 Å². The van der Waals surface area contributed by atoms with Crippen molar-refractivity contribution in [2.24, 2.45) is 13.0 Å². The third-order valence-corrected chi connectivity index (χ3v) is 4.31. The molecule has 1 atom stereocenters. The predicted molar refractivity (Wildman–Crippen MR) is 85.1 cm³/mol. The molecule has 8 nitrogen and oxygen atoms in total. The Morgan fingerprint density at radius 3 is 2.92 bits per heavy atom. The molecule has 1 saturated carbocycles. The number of rotatable bonds is 5. The van der Waals surface area contributed by atoms with E-state index in [9.17, 15) is 9.59 Å². The molecular formula is C16H17N5O3. The maximum Gasteiger partial charge on any atom is 0.420 e. The van der Waals surface area contributed by atoms with Gasteiger partial charge in [0.1, 0.15) is 18.7 Å². The highest BCUT2D eigenvalue weighted by molar-refractivity contribution is 5.79. The van der Waals surface area contributed by atoms with Gasteiger partial charge in [0.2, 0.25) is 5.91 Å². The van der Waals surface area contributed by atoms with Gasteiger partial charge < -0.3 is 9.73 Å². The van der Waals surface area contributed by atoms with E-state index in [0.29, 0.717) is 17.0 Å². The summed E-state index contributed by atoms with van der Waals surface area (Å²) in [4.78, 5) is 28.7. The minimum absolute atomic E-state index is 0.0864. The number of carbonyl (C=O) groups excluding carboxylic acids is 1. The first-order chi connectivity index (χ1) is 11.6. The normalized spacial score (nSPS) is 15.5. The van der Waals surface area contributed by atoms with Gasteiger partial charge in [0.05, 0.1) is 11.6 Å². The van der Waals surface area contributed by atoms with Crippen molar-refractivity contribution in [3.8, 4) is 0 Å². The lowest BCUT2D eigenvalue weighted by Gasteiger charge is -2.17.